The van der Waals surface area contributed by atoms with Crippen molar-refractivity contribution in [3.05, 3.63) is 22.2 Å². The highest BCUT2D eigenvalue weighted by Gasteiger charge is 2.16. The van der Waals surface area contributed by atoms with E-state index in [1.165, 1.54) is 12.1 Å². The topological polar surface area (TPSA) is 76.4 Å². The fourth-order valence-electron chi connectivity index (χ4n) is 1.13. The number of nitriles is 1. The molecule has 1 aromatic carbocycles. The van der Waals surface area contributed by atoms with Gasteiger partial charge in [0.2, 0.25) is 0 Å². The predicted octanol–water partition coefficient (Wildman–Crippen LogP) is 2.06. The molecule has 0 N–H and O–H groups in total. The fraction of sp³-hybridized carbons (Fsp3) is 0.300. The summed E-state index contributed by atoms with van der Waals surface area (Å²) in [7, 11) is -3.65. The Kier molecular flexibility index (Phi) is 4.37. The summed E-state index contributed by atoms with van der Waals surface area (Å²) in [6, 6.07) is 4.83. The molecule has 0 aromatic heterocycles. The van der Waals surface area contributed by atoms with E-state index in [1.807, 2.05) is 6.07 Å². The molecule has 0 atom stereocenters. The van der Waals surface area contributed by atoms with Crippen LogP contribution in [0.15, 0.2) is 16.6 Å². The second-order valence-electron chi connectivity index (χ2n) is 3.12. The van der Waals surface area contributed by atoms with Gasteiger partial charge >= 0.3 is 10.1 Å². The van der Waals surface area contributed by atoms with Gasteiger partial charge in [0.25, 0.3) is 0 Å². The third-order valence-electron chi connectivity index (χ3n) is 1.67. The Morgan fingerprint density at radius 3 is 2.59 bits per heavy atom. The molecule has 0 aliphatic heterocycles. The summed E-state index contributed by atoms with van der Waals surface area (Å²) in [6.07, 6.45) is 0.938. The molecule has 17 heavy (non-hydrogen) atoms. The van der Waals surface area contributed by atoms with Gasteiger partial charge < -0.3 is 8.92 Å². The minimum absolute atomic E-state index is 0.0494. The maximum absolute atomic E-state index is 11.1. The van der Waals surface area contributed by atoms with Crippen molar-refractivity contribution in [1.29, 1.82) is 5.26 Å². The van der Waals surface area contributed by atoms with Gasteiger partial charge in [-0.05, 0) is 28.9 Å². The third-order valence-corrected chi connectivity index (χ3v) is 2.73. The molecule has 0 amide bonds. The maximum atomic E-state index is 11.1. The molecule has 0 aliphatic carbocycles. The first kappa shape index (κ1) is 13.8. The standard InChI is InChI=1S/C10H10BrNO4S/c1-3-15-9-5-7(6-12)4-8(11)10(9)16-17(2,13)14/h4-5H,3H2,1-2H3. The zero-order valence-electron chi connectivity index (χ0n) is 9.23. The van der Waals surface area contributed by atoms with Crippen molar-refractivity contribution >= 4 is 26.0 Å². The molecule has 0 spiro atoms. The first-order valence-electron chi connectivity index (χ1n) is 4.63. The fourth-order valence-corrected chi connectivity index (χ4v) is 2.23. The van der Waals surface area contributed by atoms with Gasteiger partial charge in [-0.2, -0.15) is 13.7 Å². The lowest BCUT2D eigenvalue weighted by Crippen LogP contribution is -2.08. The van der Waals surface area contributed by atoms with Crippen LogP contribution in [0.2, 0.25) is 0 Å². The van der Waals surface area contributed by atoms with Crippen molar-refractivity contribution in [2.75, 3.05) is 12.9 Å². The van der Waals surface area contributed by atoms with Crippen LogP contribution >= 0.6 is 15.9 Å². The van der Waals surface area contributed by atoms with E-state index in [4.69, 9.17) is 14.2 Å². The van der Waals surface area contributed by atoms with Crippen LogP contribution in [-0.4, -0.2) is 21.3 Å². The number of ether oxygens (including phenoxy) is 1. The molecule has 0 heterocycles. The van der Waals surface area contributed by atoms with Crippen molar-refractivity contribution in [3.8, 4) is 17.6 Å². The summed E-state index contributed by atoms with van der Waals surface area (Å²) < 4.78 is 32.6. The van der Waals surface area contributed by atoms with Crippen molar-refractivity contribution in [3.63, 3.8) is 0 Å². The zero-order valence-corrected chi connectivity index (χ0v) is 11.6. The minimum Gasteiger partial charge on any atom is -0.490 e. The normalized spacial score (nSPS) is 10.7. The van der Waals surface area contributed by atoms with Crippen LogP contribution in [0.4, 0.5) is 0 Å². The SMILES string of the molecule is CCOc1cc(C#N)cc(Br)c1OS(C)(=O)=O. The summed E-state index contributed by atoms with van der Waals surface area (Å²) in [6.45, 7) is 2.08. The molecule has 0 unspecified atom stereocenters. The molecule has 0 saturated carbocycles. The van der Waals surface area contributed by atoms with Crippen LogP contribution in [0.5, 0.6) is 11.5 Å². The molecule has 1 rings (SSSR count). The average molecular weight is 320 g/mol. The molecule has 0 bridgehead atoms. The molecule has 1 aromatic rings. The van der Waals surface area contributed by atoms with Gasteiger partial charge in [0.1, 0.15) is 0 Å². The highest BCUT2D eigenvalue weighted by molar-refractivity contribution is 9.10. The van der Waals surface area contributed by atoms with E-state index >= 15 is 0 Å². The van der Waals surface area contributed by atoms with E-state index in [9.17, 15) is 8.42 Å². The van der Waals surface area contributed by atoms with E-state index in [0.29, 0.717) is 16.6 Å². The van der Waals surface area contributed by atoms with Gasteiger partial charge in [0.15, 0.2) is 11.5 Å². The number of benzene rings is 1. The van der Waals surface area contributed by atoms with Gasteiger partial charge in [-0.3, -0.25) is 0 Å². The Morgan fingerprint density at radius 1 is 1.47 bits per heavy atom. The van der Waals surface area contributed by atoms with Gasteiger partial charge in [0.05, 0.1) is 29.0 Å². The van der Waals surface area contributed by atoms with E-state index < -0.39 is 10.1 Å². The number of nitrogens with zero attached hydrogens (tertiary/aromatic N) is 1. The monoisotopic (exact) mass is 319 g/mol. The summed E-state index contributed by atoms with van der Waals surface area (Å²) in [5.74, 6) is 0.261. The lowest BCUT2D eigenvalue weighted by molar-refractivity contribution is 0.327. The molecule has 0 aliphatic rings. The third kappa shape index (κ3) is 3.91. The van der Waals surface area contributed by atoms with E-state index in [0.717, 1.165) is 6.26 Å². The molecule has 7 heteroatoms. The van der Waals surface area contributed by atoms with Crippen LogP contribution in [0.25, 0.3) is 0 Å². The van der Waals surface area contributed by atoms with Crippen molar-refractivity contribution in [2.45, 2.75) is 6.92 Å². The van der Waals surface area contributed by atoms with Gasteiger partial charge in [-0.25, -0.2) is 0 Å². The van der Waals surface area contributed by atoms with Crippen molar-refractivity contribution in [2.24, 2.45) is 0 Å². The Balaban J connectivity index is 3.32. The quantitative estimate of drug-likeness (QED) is 0.794. The molecule has 5 nitrogen and oxygen atoms in total. The Hall–Kier alpha value is -1.26. The predicted molar refractivity (Wildman–Crippen MR) is 65.5 cm³/mol. The van der Waals surface area contributed by atoms with Crippen LogP contribution in [0.1, 0.15) is 12.5 Å². The lowest BCUT2D eigenvalue weighted by atomic mass is 10.2. The summed E-state index contributed by atoms with van der Waals surface area (Å²) >= 11 is 3.14. The second-order valence-corrected chi connectivity index (χ2v) is 5.55. The Bertz CT molecular complexity index is 562. The lowest BCUT2D eigenvalue weighted by Gasteiger charge is -2.12. The largest absolute Gasteiger partial charge is 0.490 e. The average Bonchev–Trinajstić information content (AvgIpc) is 2.21. The summed E-state index contributed by atoms with van der Waals surface area (Å²) in [4.78, 5) is 0. The van der Waals surface area contributed by atoms with E-state index in [2.05, 4.69) is 15.9 Å². The zero-order chi connectivity index (χ0) is 13.1. The first-order valence-corrected chi connectivity index (χ1v) is 7.24. The van der Waals surface area contributed by atoms with Crippen molar-refractivity contribution in [1.82, 2.24) is 0 Å². The van der Waals surface area contributed by atoms with Crippen LogP contribution in [0.3, 0.4) is 0 Å². The number of hydrogen-bond acceptors (Lipinski definition) is 5. The number of hydrogen-bond donors (Lipinski definition) is 0. The first-order chi connectivity index (χ1) is 7.87. The maximum Gasteiger partial charge on any atom is 0.306 e. The summed E-state index contributed by atoms with van der Waals surface area (Å²) in [5, 5.41) is 8.79. The van der Waals surface area contributed by atoms with Gasteiger partial charge in [-0.15, -0.1) is 0 Å². The highest BCUT2D eigenvalue weighted by Crippen LogP contribution is 2.37. The molecule has 0 saturated heterocycles. The molecular weight excluding hydrogens is 310 g/mol. The van der Waals surface area contributed by atoms with E-state index in [1.54, 1.807) is 6.92 Å². The second kappa shape index (κ2) is 5.38. The number of halogens is 1. The molecular formula is C10H10BrNO4S. The van der Waals surface area contributed by atoms with Crippen LogP contribution < -0.4 is 8.92 Å². The van der Waals surface area contributed by atoms with E-state index in [-0.39, 0.29) is 11.5 Å². The van der Waals surface area contributed by atoms with Gasteiger partial charge in [-0.1, -0.05) is 0 Å². The van der Waals surface area contributed by atoms with Crippen LogP contribution in [0, 0.1) is 11.3 Å². The molecule has 92 valence electrons. The highest BCUT2D eigenvalue weighted by atomic mass is 79.9. The number of rotatable bonds is 4. The molecule has 0 radical (unpaired) electrons. The molecule has 0 fully saturated rings. The Morgan fingerprint density at radius 2 is 2.12 bits per heavy atom. The summed E-state index contributed by atoms with van der Waals surface area (Å²) in [5.41, 5.74) is 0.348. The van der Waals surface area contributed by atoms with Crippen LogP contribution in [-0.2, 0) is 10.1 Å². The Labute approximate surface area is 108 Å². The minimum atomic E-state index is -3.65. The van der Waals surface area contributed by atoms with Gasteiger partial charge in [0, 0.05) is 6.07 Å². The smallest absolute Gasteiger partial charge is 0.306 e. The van der Waals surface area contributed by atoms with Crippen molar-refractivity contribution < 1.29 is 17.3 Å².